The van der Waals surface area contributed by atoms with Gasteiger partial charge in [0.25, 0.3) is 0 Å². The lowest BCUT2D eigenvalue weighted by atomic mass is 10.2. The topological polar surface area (TPSA) is 93.7 Å². The third-order valence-electron chi connectivity index (χ3n) is 3.74. The fourth-order valence-electron chi connectivity index (χ4n) is 2.38. The average Bonchev–Trinajstić information content (AvgIpc) is 2.70. The molecule has 0 aliphatic carbocycles. The maximum absolute atomic E-state index is 12.2. The van der Waals surface area contributed by atoms with E-state index < -0.39 is 10.0 Å². The van der Waals surface area contributed by atoms with Crippen LogP contribution in [0.15, 0.2) is 53.4 Å². The number of hydrogen-bond donors (Lipinski definition) is 2. The Labute approximate surface area is 175 Å². The van der Waals surface area contributed by atoms with Crippen molar-refractivity contribution >= 4 is 33.6 Å². The van der Waals surface area contributed by atoms with E-state index in [4.69, 9.17) is 21.1 Å². The lowest BCUT2D eigenvalue weighted by Gasteiger charge is -2.09. The molecule has 0 atom stereocenters. The summed E-state index contributed by atoms with van der Waals surface area (Å²) in [6.07, 6.45) is 2.99. The second-order valence-electron chi connectivity index (χ2n) is 5.82. The van der Waals surface area contributed by atoms with Crippen LogP contribution >= 0.6 is 11.6 Å². The van der Waals surface area contributed by atoms with E-state index in [1.807, 2.05) is 6.92 Å². The molecule has 0 aliphatic rings. The predicted molar refractivity (Wildman–Crippen MR) is 113 cm³/mol. The van der Waals surface area contributed by atoms with Crippen LogP contribution in [0.2, 0.25) is 5.02 Å². The number of rotatable bonds is 10. The van der Waals surface area contributed by atoms with Crippen LogP contribution in [-0.4, -0.2) is 41.1 Å². The number of benzene rings is 2. The van der Waals surface area contributed by atoms with E-state index in [2.05, 4.69) is 10.0 Å². The highest BCUT2D eigenvalue weighted by atomic mass is 35.5. The summed E-state index contributed by atoms with van der Waals surface area (Å²) in [4.78, 5) is 12.0. The molecular weight excluding hydrogens is 416 g/mol. The number of nitrogens with one attached hydrogen (secondary N) is 2. The number of sulfonamides is 1. The Morgan fingerprint density at radius 3 is 2.62 bits per heavy atom. The lowest BCUT2D eigenvalue weighted by molar-refractivity contribution is -0.116. The quantitative estimate of drug-likeness (QED) is 0.439. The molecule has 0 spiro atoms. The smallest absolute Gasteiger partial charge is 0.244 e. The number of carbonyl (C=O) groups excluding carboxylic acids is 1. The van der Waals surface area contributed by atoms with Crippen molar-refractivity contribution in [2.75, 3.05) is 26.8 Å². The summed E-state index contributed by atoms with van der Waals surface area (Å²) in [6, 6.07) is 11.3. The summed E-state index contributed by atoms with van der Waals surface area (Å²) in [7, 11) is -2.14. The molecule has 7 nitrogen and oxygen atoms in total. The molecule has 1 amide bonds. The molecule has 156 valence electrons. The Bertz CT molecular complexity index is 977. The molecule has 2 rings (SSSR count). The molecule has 0 radical (unpaired) electrons. The number of halogens is 1. The highest BCUT2D eigenvalue weighted by Crippen LogP contribution is 2.28. The van der Waals surface area contributed by atoms with Crippen LogP contribution in [0.1, 0.15) is 12.5 Å². The number of hydrogen-bond acceptors (Lipinski definition) is 5. The molecule has 0 aliphatic heterocycles. The minimum atomic E-state index is -3.68. The van der Waals surface area contributed by atoms with E-state index in [0.29, 0.717) is 23.1 Å². The zero-order valence-electron chi connectivity index (χ0n) is 16.1. The first kappa shape index (κ1) is 22.7. The zero-order valence-corrected chi connectivity index (χ0v) is 17.7. The van der Waals surface area contributed by atoms with Gasteiger partial charge in [-0.05, 0) is 48.9 Å². The van der Waals surface area contributed by atoms with Crippen molar-refractivity contribution in [3.63, 3.8) is 0 Å². The van der Waals surface area contributed by atoms with E-state index in [-0.39, 0.29) is 23.9 Å². The summed E-state index contributed by atoms with van der Waals surface area (Å²) in [5.41, 5.74) is 0.766. The summed E-state index contributed by atoms with van der Waals surface area (Å²) in [6.45, 7) is 2.59. The highest BCUT2D eigenvalue weighted by molar-refractivity contribution is 7.89. The predicted octanol–water partition coefficient (Wildman–Crippen LogP) is 2.86. The molecule has 0 unspecified atom stereocenters. The number of methoxy groups -OCH3 is 1. The fourth-order valence-corrected chi connectivity index (χ4v) is 3.71. The molecule has 9 heteroatoms. The fraction of sp³-hybridized carbons (Fsp3) is 0.250. The van der Waals surface area contributed by atoms with Crippen LogP contribution in [0.25, 0.3) is 6.08 Å². The molecule has 2 aromatic rings. The summed E-state index contributed by atoms with van der Waals surface area (Å²) < 4.78 is 37.4. The number of ether oxygens (including phenoxy) is 2. The van der Waals surface area contributed by atoms with Gasteiger partial charge >= 0.3 is 0 Å². The average molecular weight is 439 g/mol. The molecule has 0 aromatic heterocycles. The molecular formula is C20H23ClN2O5S. The van der Waals surface area contributed by atoms with Gasteiger partial charge in [0.2, 0.25) is 15.9 Å². The normalized spacial score (nSPS) is 11.4. The molecule has 2 N–H and O–H groups in total. The van der Waals surface area contributed by atoms with Gasteiger partial charge < -0.3 is 14.8 Å². The Morgan fingerprint density at radius 1 is 1.14 bits per heavy atom. The van der Waals surface area contributed by atoms with Crippen molar-refractivity contribution in [1.82, 2.24) is 10.0 Å². The zero-order chi connectivity index (χ0) is 21.3. The Hall–Kier alpha value is -2.55. The number of carbonyl (C=O) groups is 1. The van der Waals surface area contributed by atoms with Gasteiger partial charge in [-0.15, -0.1) is 0 Å². The van der Waals surface area contributed by atoms with Gasteiger partial charge in [0.1, 0.15) is 0 Å². The third kappa shape index (κ3) is 7.08. The van der Waals surface area contributed by atoms with Crippen LogP contribution < -0.4 is 19.5 Å². The van der Waals surface area contributed by atoms with E-state index >= 15 is 0 Å². The van der Waals surface area contributed by atoms with Crippen LogP contribution in [0.5, 0.6) is 11.5 Å². The van der Waals surface area contributed by atoms with E-state index in [1.54, 1.807) is 43.5 Å². The van der Waals surface area contributed by atoms with Crippen molar-refractivity contribution in [3.8, 4) is 11.5 Å². The van der Waals surface area contributed by atoms with Crippen LogP contribution in [-0.2, 0) is 14.8 Å². The minimum Gasteiger partial charge on any atom is -0.493 e. The van der Waals surface area contributed by atoms with Crippen LogP contribution in [0, 0.1) is 0 Å². The Morgan fingerprint density at radius 2 is 1.93 bits per heavy atom. The maximum Gasteiger partial charge on any atom is 0.244 e. The van der Waals surface area contributed by atoms with Crippen molar-refractivity contribution in [3.05, 3.63) is 59.1 Å². The second kappa shape index (κ2) is 10.8. The first-order valence-electron chi connectivity index (χ1n) is 8.87. The molecule has 0 heterocycles. The van der Waals surface area contributed by atoms with Gasteiger partial charge in [0.05, 0.1) is 18.6 Å². The van der Waals surface area contributed by atoms with Crippen molar-refractivity contribution in [2.24, 2.45) is 0 Å². The van der Waals surface area contributed by atoms with E-state index in [0.717, 1.165) is 5.56 Å². The van der Waals surface area contributed by atoms with Crippen molar-refractivity contribution in [2.45, 2.75) is 11.8 Å². The monoisotopic (exact) mass is 438 g/mol. The standard InChI is InChI=1S/C20H23ClN2O5S/c1-3-28-18-9-7-15(13-19(18)27-2)8-10-20(24)22-11-12-23-29(25,26)17-6-4-5-16(21)14-17/h4-10,13-14,23H,3,11-12H2,1-2H3,(H,22,24)/b10-8+. The summed E-state index contributed by atoms with van der Waals surface area (Å²) in [5, 5.41) is 2.94. The van der Waals surface area contributed by atoms with Gasteiger partial charge in [-0.1, -0.05) is 23.7 Å². The maximum atomic E-state index is 12.2. The first-order chi connectivity index (χ1) is 13.9. The minimum absolute atomic E-state index is 0.0469. The highest BCUT2D eigenvalue weighted by Gasteiger charge is 2.13. The van der Waals surface area contributed by atoms with E-state index in [1.165, 1.54) is 18.2 Å². The SMILES string of the molecule is CCOc1ccc(/C=C/C(=O)NCCNS(=O)(=O)c2cccc(Cl)c2)cc1OC. The van der Waals surface area contributed by atoms with E-state index in [9.17, 15) is 13.2 Å². The number of amides is 1. The van der Waals surface area contributed by atoms with Gasteiger partial charge in [-0.25, -0.2) is 13.1 Å². The summed E-state index contributed by atoms with van der Waals surface area (Å²) >= 11 is 5.81. The van der Waals surface area contributed by atoms with Crippen molar-refractivity contribution < 1.29 is 22.7 Å². The third-order valence-corrected chi connectivity index (χ3v) is 5.43. The van der Waals surface area contributed by atoms with Gasteiger partial charge in [0.15, 0.2) is 11.5 Å². The van der Waals surface area contributed by atoms with Crippen LogP contribution in [0.4, 0.5) is 0 Å². The largest absolute Gasteiger partial charge is 0.493 e. The lowest BCUT2D eigenvalue weighted by Crippen LogP contribution is -2.34. The molecule has 2 aromatic carbocycles. The summed E-state index contributed by atoms with van der Waals surface area (Å²) in [5.74, 6) is 0.855. The Balaban J connectivity index is 1.84. The second-order valence-corrected chi connectivity index (χ2v) is 8.03. The molecule has 0 saturated carbocycles. The van der Waals surface area contributed by atoms with Gasteiger partial charge in [-0.3, -0.25) is 4.79 Å². The van der Waals surface area contributed by atoms with Gasteiger partial charge in [-0.2, -0.15) is 0 Å². The van der Waals surface area contributed by atoms with Gasteiger partial charge in [0, 0.05) is 24.2 Å². The molecule has 0 fully saturated rings. The first-order valence-corrected chi connectivity index (χ1v) is 10.7. The van der Waals surface area contributed by atoms with Crippen LogP contribution in [0.3, 0.4) is 0 Å². The molecule has 0 bridgehead atoms. The van der Waals surface area contributed by atoms with Crippen molar-refractivity contribution in [1.29, 1.82) is 0 Å². The molecule has 0 saturated heterocycles. The Kier molecular flexibility index (Phi) is 8.50. The molecule has 29 heavy (non-hydrogen) atoms.